The number of nitrogens with zero attached hydrogens (tertiary/aromatic N) is 2. The second kappa shape index (κ2) is 10.0. The van der Waals surface area contributed by atoms with Crippen LogP contribution in [0, 0.1) is 0 Å². The van der Waals surface area contributed by atoms with Gasteiger partial charge >= 0.3 is 0 Å². The van der Waals surface area contributed by atoms with Gasteiger partial charge < -0.3 is 9.64 Å². The molecule has 1 aliphatic heterocycles. The van der Waals surface area contributed by atoms with Crippen molar-refractivity contribution in [3.63, 3.8) is 0 Å². The molecule has 2 atom stereocenters. The first kappa shape index (κ1) is 22.7. The lowest BCUT2D eigenvalue weighted by molar-refractivity contribution is -0.134. The van der Waals surface area contributed by atoms with Gasteiger partial charge in [-0.05, 0) is 73.2 Å². The fourth-order valence-corrected chi connectivity index (χ4v) is 5.90. The first-order valence-electron chi connectivity index (χ1n) is 12.4. The molecule has 2 aliphatic rings. The largest absolute Gasteiger partial charge is 0.497 e. The predicted molar refractivity (Wildman–Crippen MR) is 136 cm³/mol. The van der Waals surface area contributed by atoms with Crippen LogP contribution in [0.2, 0.25) is 0 Å². The Morgan fingerprint density at radius 1 is 0.941 bits per heavy atom. The molecule has 0 N–H and O–H groups in total. The average molecular weight is 455 g/mol. The van der Waals surface area contributed by atoms with Crippen molar-refractivity contribution in [3.8, 4) is 5.75 Å². The molecule has 1 fully saturated rings. The highest BCUT2D eigenvalue weighted by molar-refractivity contribution is 5.87. The van der Waals surface area contributed by atoms with Crippen molar-refractivity contribution < 1.29 is 9.53 Å². The molecule has 1 amide bonds. The lowest BCUT2D eigenvalue weighted by Gasteiger charge is -2.44. The van der Waals surface area contributed by atoms with Crippen molar-refractivity contribution in [3.05, 3.63) is 101 Å². The Morgan fingerprint density at radius 2 is 1.56 bits per heavy atom. The summed E-state index contributed by atoms with van der Waals surface area (Å²) in [6.45, 7) is 2.23. The fraction of sp³-hybridized carbons (Fsp3) is 0.367. The number of likely N-dealkylation sites (N-methyl/N-ethyl adjacent to an activating group) is 1. The molecule has 1 aliphatic carbocycles. The van der Waals surface area contributed by atoms with Crippen molar-refractivity contribution in [1.29, 1.82) is 0 Å². The molecule has 5 rings (SSSR count). The molecular weight excluding hydrogens is 420 g/mol. The minimum Gasteiger partial charge on any atom is -0.497 e. The van der Waals surface area contributed by atoms with Gasteiger partial charge in [-0.2, -0.15) is 0 Å². The van der Waals surface area contributed by atoms with Crippen molar-refractivity contribution in [2.45, 2.75) is 43.7 Å². The monoisotopic (exact) mass is 454 g/mol. The Bertz CT molecular complexity index is 1070. The van der Waals surface area contributed by atoms with Gasteiger partial charge in [0, 0.05) is 13.1 Å². The maximum atomic E-state index is 14.3. The molecular formula is C30H34N2O2. The van der Waals surface area contributed by atoms with Crippen LogP contribution < -0.4 is 4.74 Å². The van der Waals surface area contributed by atoms with E-state index in [9.17, 15) is 4.79 Å². The fourth-order valence-electron chi connectivity index (χ4n) is 5.90. The van der Waals surface area contributed by atoms with Crippen LogP contribution in [0.1, 0.15) is 53.5 Å². The maximum Gasteiger partial charge on any atom is 0.234 e. The predicted octanol–water partition coefficient (Wildman–Crippen LogP) is 5.44. The number of likely N-dealkylation sites (tertiary alicyclic amines) is 1. The SMILES string of the molecule is COc1ccc2c(c1)C(N(C)C(=O)C(c1ccccc1)c1ccccc1)C(N1CCCC1)CC2. The second-order valence-corrected chi connectivity index (χ2v) is 9.56. The number of methoxy groups -OCH3 is 1. The number of carbonyl (C=O) groups excluding carboxylic acids is 1. The van der Waals surface area contributed by atoms with Crippen LogP contribution in [0.15, 0.2) is 78.9 Å². The lowest BCUT2D eigenvalue weighted by Crippen LogP contribution is -2.49. The average Bonchev–Trinajstić information content (AvgIpc) is 3.43. The minimum atomic E-state index is -0.331. The van der Waals surface area contributed by atoms with E-state index in [1.54, 1.807) is 7.11 Å². The zero-order valence-corrected chi connectivity index (χ0v) is 20.2. The molecule has 3 aromatic carbocycles. The number of fused-ring (bicyclic) bond motifs is 1. The molecule has 4 heteroatoms. The summed E-state index contributed by atoms with van der Waals surface area (Å²) in [6, 6.07) is 27.1. The number of rotatable bonds is 6. The van der Waals surface area contributed by atoms with E-state index in [0.29, 0.717) is 6.04 Å². The van der Waals surface area contributed by atoms with Gasteiger partial charge in [-0.1, -0.05) is 66.7 Å². The Kier molecular flexibility index (Phi) is 6.68. The lowest BCUT2D eigenvalue weighted by atomic mass is 9.81. The van der Waals surface area contributed by atoms with Gasteiger partial charge in [-0.15, -0.1) is 0 Å². The molecule has 34 heavy (non-hydrogen) atoms. The number of carbonyl (C=O) groups is 1. The van der Waals surface area contributed by atoms with Crippen LogP contribution in [0.25, 0.3) is 0 Å². The smallest absolute Gasteiger partial charge is 0.234 e. The summed E-state index contributed by atoms with van der Waals surface area (Å²) < 4.78 is 5.60. The number of hydrogen-bond donors (Lipinski definition) is 0. The summed E-state index contributed by atoms with van der Waals surface area (Å²) in [7, 11) is 3.72. The van der Waals surface area contributed by atoms with Gasteiger partial charge in [0.05, 0.1) is 19.1 Å². The molecule has 0 radical (unpaired) electrons. The van der Waals surface area contributed by atoms with Crippen LogP contribution in [0.4, 0.5) is 0 Å². The number of aryl methyl sites for hydroxylation is 1. The second-order valence-electron chi connectivity index (χ2n) is 9.56. The summed E-state index contributed by atoms with van der Waals surface area (Å²) in [4.78, 5) is 19.0. The van der Waals surface area contributed by atoms with Gasteiger partial charge in [0.15, 0.2) is 0 Å². The molecule has 4 nitrogen and oxygen atoms in total. The molecule has 176 valence electrons. The number of hydrogen-bond acceptors (Lipinski definition) is 3. The van der Waals surface area contributed by atoms with E-state index < -0.39 is 0 Å². The maximum absolute atomic E-state index is 14.3. The van der Waals surface area contributed by atoms with Gasteiger partial charge in [-0.3, -0.25) is 9.69 Å². The Labute approximate surface area is 203 Å². The van der Waals surface area contributed by atoms with E-state index in [0.717, 1.165) is 42.8 Å². The third kappa shape index (κ3) is 4.35. The van der Waals surface area contributed by atoms with Crippen molar-refractivity contribution in [1.82, 2.24) is 9.80 Å². The summed E-state index contributed by atoms with van der Waals surface area (Å²) in [5, 5.41) is 0. The zero-order valence-electron chi connectivity index (χ0n) is 20.2. The molecule has 0 saturated carbocycles. The van der Waals surface area contributed by atoms with E-state index in [4.69, 9.17) is 4.74 Å². The van der Waals surface area contributed by atoms with Gasteiger partial charge in [0.25, 0.3) is 0 Å². The van der Waals surface area contributed by atoms with Crippen molar-refractivity contribution >= 4 is 5.91 Å². The molecule has 1 saturated heterocycles. The van der Waals surface area contributed by atoms with Crippen LogP contribution in [-0.2, 0) is 11.2 Å². The van der Waals surface area contributed by atoms with E-state index in [1.165, 1.54) is 24.0 Å². The van der Waals surface area contributed by atoms with Crippen LogP contribution in [-0.4, -0.2) is 49.0 Å². The topological polar surface area (TPSA) is 32.8 Å². The third-order valence-corrected chi connectivity index (χ3v) is 7.63. The summed E-state index contributed by atoms with van der Waals surface area (Å²) in [5.74, 6) is 0.666. The minimum absolute atomic E-state index is 0.000579. The summed E-state index contributed by atoms with van der Waals surface area (Å²) in [6.07, 6.45) is 4.59. The van der Waals surface area contributed by atoms with E-state index in [1.807, 2.05) is 54.4 Å². The first-order valence-corrected chi connectivity index (χ1v) is 12.4. The Hall–Kier alpha value is -3.11. The molecule has 0 spiro atoms. The molecule has 0 aromatic heterocycles. The van der Waals surface area contributed by atoms with Gasteiger partial charge in [0.1, 0.15) is 5.75 Å². The van der Waals surface area contributed by atoms with E-state index >= 15 is 0 Å². The quantitative estimate of drug-likeness (QED) is 0.497. The summed E-state index contributed by atoms with van der Waals surface area (Å²) in [5.41, 5.74) is 4.63. The van der Waals surface area contributed by atoms with E-state index in [-0.39, 0.29) is 17.9 Å². The van der Waals surface area contributed by atoms with Crippen molar-refractivity contribution in [2.75, 3.05) is 27.2 Å². The van der Waals surface area contributed by atoms with Crippen LogP contribution in [0.3, 0.4) is 0 Å². The molecule has 2 unspecified atom stereocenters. The third-order valence-electron chi connectivity index (χ3n) is 7.63. The first-order chi connectivity index (χ1) is 16.7. The van der Waals surface area contributed by atoms with Crippen LogP contribution >= 0.6 is 0 Å². The Balaban J connectivity index is 1.57. The molecule has 1 heterocycles. The standard InChI is InChI=1S/C30H34N2O2/c1-31(30(33)28(23-11-5-3-6-12-23)24-13-7-4-8-14-24)29-26-21-25(34-2)17-15-22(26)16-18-27(29)32-19-9-10-20-32/h3-8,11-15,17,21,27-29H,9-10,16,18-20H2,1-2H3. The molecule has 3 aromatic rings. The van der Waals surface area contributed by atoms with Gasteiger partial charge in [-0.25, -0.2) is 0 Å². The Morgan fingerprint density at radius 3 is 2.15 bits per heavy atom. The number of ether oxygens (including phenoxy) is 1. The summed E-state index contributed by atoms with van der Waals surface area (Å²) >= 11 is 0. The molecule has 0 bridgehead atoms. The van der Waals surface area contributed by atoms with Crippen LogP contribution in [0.5, 0.6) is 5.75 Å². The van der Waals surface area contributed by atoms with Crippen molar-refractivity contribution in [2.24, 2.45) is 0 Å². The highest BCUT2D eigenvalue weighted by Crippen LogP contribution is 2.41. The number of benzene rings is 3. The normalized spacial score (nSPS) is 20.2. The highest BCUT2D eigenvalue weighted by atomic mass is 16.5. The van der Waals surface area contributed by atoms with Gasteiger partial charge in [0.2, 0.25) is 5.91 Å². The van der Waals surface area contributed by atoms with E-state index in [2.05, 4.69) is 41.3 Å². The number of amides is 1. The highest BCUT2D eigenvalue weighted by Gasteiger charge is 2.40. The zero-order chi connectivity index (χ0) is 23.5.